The van der Waals surface area contributed by atoms with Crippen LogP contribution in [0.2, 0.25) is 10.0 Å². The summed E-state index contributed by atoms with van der Waals surface area (Å²) in [6.45, 7) is 2.07. The number of hydrogen-bond acceptors (Lipinski definition) is 4. The van der Waals surface area contributed by atoms with Gasteiger partial charge in [-0.3, -0.25) is 4.72 Å². The van der Waals surface area contributed by atoms with Gasteiger partial charge in [0.05, 0.1) is 12.3 Å². The molecule has 5 nitrogen and oxygen atoms in total. The van der Waals surface area contributed by atoms with Crippen molar-refractivity contribution in [2.45, 2.75) is 11.8 Å². The molecule has 0 aromatic heterocycles. The van der Waals surface area contributed by atoms with E-state index in [1.165, 1.54) is 18.2 Å². The quantitative estimate of drug-likeness (QED) is 0.493. The molecule has 0 atom stereocenters. The smallest absolute Gasteiger partial charge is 0.265 e. The number of para-hydroxylation sites is 1. The van der Waals surface area contributed by atoms with Crippen molar-refractivity contribution in [2.75, 3.05) is 11.3 Å². The van der Waals surface area contributed by atoms with Crippen molar-refractivity contribution in [1.29, 1.82) is 0 Å². The van der Waals surface area contributed by atoms with Crippen LogP contribution in [-0.4, -0.2) is 15.0 Å². The van der Waals surface area contributed by atoms with Crippen LogP contribution in [0.25, 0.3) is 0 Å². The van der Waals surface area contributed by atoms with Gasteiger partial charge in [-0.1, -0.05) is 41.4 Å². The van der Waals surface area contributed by atoms with Gasteiger partial charge >= 0.3 is 0 Å². The molecule has 3 aromatic rings. The van der Waals surface area contributed by atoms with E-state index >= 15 is 0 Å². The Morgan fingerprint density at radius 1 is 0.893 bits per heavy atom. The van der Waals surface area contributed by atoms with Gasteiger partial charge in [0, 0.05) is 10.0 Å². The van der Waals surface area contributed by atoms with Crippen molar-refractivity contribution in [3.63, 3.8) is 0 Å². The molecular weight excluding hydrogens is 421 g/mol. The third-order valence-electron chi connectivity index (χ3n) is 3.65. The van der Waals surface area contributed by atoms with E-state index in [-0.39, 0.29) is 21.4 Å². The molecule has 0 radical (unpaired) electrons. The summed E-state index contributed by atoms with van der Waals surface area (Å²) < 4.78 is 39.8. The van der Waals surface area contributed by atoms with Crippen molar-refractivity contribution in [2.24, 2.45) is 0 Å². The van der Waals surface area contributed by atoms with Crippen LogP contribution in [-0.2, 0) is 10.0 Å². The highest BCUT2D eigenvalue weighted by Crippen LogP contribution is 2.35. The molecule has 3 rings (SSSR count). The zero-order chi connectivity index (χ0) is 20.1. The van der Waals surface area contributed by atoms with Crippen LogP contribution < -0.4 is 14.2 Å². The maximum Gasteiger partial charge on any atom is 0.265 e. The summed E-state index contributed by atoms with van der Waals surface area (Å²) in [6.07, 6.45) is 0. The zero-order valence-electron chi connectivity index (χ0n) is 14.9. The Morgan fingerprint density at radius 3 is 2.21 bits per heavy atom. The summed E-state index contributed by atoms with van der Waals surface area (Å²) in [5.41, 5.74) is 0.193. The first kappa shape index (κ1) is 20.3. The molecule has 0 aliphatic carbocycles. The number of rotatable bonds is 7. The fourth-order valence-electron chi connectivity index (χ4n) is 2.45. The van der Waals surface area contributed by atoms with Crippen molar-refractivity contribution in [3.05, 3.63) is 76.8 Å². The van der Waals surface area contributed by atoms with Gasteiger partial charge in [-0.25, -0.2) is 8.42 Å². The summed E-state index contributed by atoms with van der Waals surface area (Å²) in [4.78, 5) is -0.0764. The largest absolute Gasteiger partial charge is 0.492 e. The van der Waals surface area contributed by atoms with E-state index in [1.54, 1.807) is 37.3 Å². The van der Waals surface area contributed by atoms with Crippen LogP contribution in [0.4, 0.5) is 5.69 Å². The minimum atomic E-state index is -4.02. The molecule has 0 bridgehead atoms. The SMILES string of the molecule is CCOc1ccc(Cl)cc1S(=O)(=O)Nc1cc(Cl)ccc1Oc1ccccc1. The molecule has 146 valence electrons. The normalized spacial score (nSPS) is 11.1. The lowest BCUT2D eigenvalue weighted by Gasteiger charge is -2.16. The number of nitrogens with one attached hydrogen (secondary N) is 1. The highest BCUT2D eigenvalue weighted by molar-refractivity contribution is 7.92. The van der Waals surface area contributed by atoms with Crippen molar-refractivity contribution in [3.8, 4) is 17.2 Å². The van der Waals surface area contributed by atoms with E-state index in [0.717, 1.165) is 0 Å². The summed E-state index contributed by atoms with van der Waals surface area (Å²) in [5.74, 6) is 1.06. The maximum atomic E-state index is 13.0. The van der Waals surface area contributed by atoms with Crippen molar-refractivity contribution in [1.82, 2.24) is 0 Å². The van der Waals surface area contributed by atoms with Crippen molar-refractivity contribution < 1.29 is 17.9 Å². The average Bonchev–Trinajstić information content (AvgIpc) is 2.66. The molecule has 28 heavy (non-hydrogen) atoms. The number of anilines is 1. The number of benzene rings is 3. The Kier molecular flexibility index (Phi) is 6.34. The predicted molar refractivity (Wildman–Crippen MR) is 111 cm³/mol. The highest BCUT2D eigenvalue weighted by atomic mass is 35.5. The lowest BCUT2D eigenvalue weighted by atomic mass is 10.3. The van der Waals surface area contributed by atoms with E-state index in [2.05, 4.69) is 4.72 Å². The average molecular weight is 438 g/mol. The molecule has 0 saturated heterocycles. The fraction of sp³-hybridized carbons (Fsp3) is 0.100. The Hall–Kier alpha value is -2.41. The first-order chi connectivity index (χ1) is 13.4. The molecule has 8 heteroatoms. The minimum absolute atomic E-state index is 0.0764. The molecule has 1 N–H and O–H groups in total. The molecule has 0 aliphatic rings. The topological polar surface area (TPSA) is 64.6 Å². The van der Waals surface area contributed by atoms with Gasteiger partial charge in [-0.05, 0) is 55.5 Å². The Balaban J connectivity index is 1.99. The summed E-state index contributed by atoms with van der Waals surface area (Å²) >= 11 is 12.1. The number of hydrogen-bond donors (Lipinski definition) is 1. The van der Waals surface area contributed by atoms with Gasteiger partial charge in [0.15, 0.2) is 5.75 Å². The maximum absolute atomic E-state index is 13.0. The predicted octanol–water partition coefficient (Wildman–Crippen LogP) is 5.99. The standard InChI is InChI=1S/C20H17Cl2NO4S/c1-2-26-19-11-9-15(22)13-20(19)28(24,25)23-17-12-14(21)8-10-18(17)27-16-6-4-3-5-7-16/h3-13,23H,2H2,1H3. The molecule has 0 fully saturated rings. The van der Waals surface area contributed by atoms with Crippen LogP contribution in [0.1, 0.15) is 6.92 Å². The van der Waals surface area contributed by atoms with Crippen LogP contribution in [0.3, 0.4) is 0 Å². The van der Waals surface area contributed by atoms with E-state index in [9.17, 15) is 8.42 Å². The van der Waals surface area contributed by atoms with Gasteiger partial charge in [-0.15, -0.1) is 0 Å². The van der Waals surface area contributed by atoms with Crippen LogP contribution in [0.5, 0.6) is 17.2 Å². The monoisotopic (exact) mass is 437 g/mol. The van der Waals surface area contributed by atoms with E-state index < -0.39 is 10.0 Å². The highest BCUT2D eigenvalue weighted by Gasteiger charge is 2.22. The third kappa shape index (κ3) is 4.90. The Bertz CT molecular complexity index is 1070. The van der Waals surface area contributed by atoms with E-state index in [0.29, 0.717) is 23.1 Å². The molecule has 0 saturated carbocycles. The van der Waals surface area contributed by atoms with Crippen LogP contribution >= 0.6 is 23.2 Å². The molecule has 0 amide bonds. The first-order valence-electron chi connectivity index (χ1n) is 8.36. The number of halogens is 2. The van der Waals surface area contributed by atoms with Crippen LogP contribution in [0.15, 0.2) is 71.6 Å². The molecule has 0 unspecified atom stereocenters. The molecular formula is C20H17Cl2NO4S. The van der Waals surface area contributed by atoms with Gasteiger partial charge < -0.3 is 9.47 Å². The van der Waals surface area contributed by atoms with Gasteiger partial charge in [0.2, 0.25) is 0 Å². The lowest BCUT2D eigenvalue weighted by Crippen LogP contribution is -2.15. The second-order valence-corrected chi connectivity index (χ2v) is 8.21. The Morgan fingerprint density at radius 2 is 1.54 bits per heavy atom. The Labute approximate surface area is 173 Å². The third-order valence-corrected chi connectivity index (χ3v) is 5.51. The second kappa shape index (κ2) is 8.73. The van der Waals surface area contributed by atoms with Crippen molar-refractivity contribution >= 4 is 38.9 Å². The second-order valence-electron chi connectivity index (χ2n) is 5.69. The molecule has 0 aliphatic heterocycles. The van der Waals surface area contributed by atoms with E-state index in [4.69, 9.17) is 32.7 Å². The minimum Gasteiger partial charge on any atom is -0.492 e. The number of ether oxygens (including phenoxy) is 2. The zero-order valence-corrected chi connectivity index (χ0v) is 17.2. The first-order valence-corrected chi connectivity index (χ1v) is 10.6. The summed E-state index contributed by atoms with van der Waals surface area (Å²) in [7, 11) is -4.02. The molecule has 0 spiro atoms. The van der Waals surface area contributed by atoms with E-state index in [1.807, 2.05) is 18.2 Å². The summed E-state index contributed by atoms with van der Waals surface area (Å²) in [6, 6.07) is 18.1. The summed E-state index contributed by atoms with van der Waals surface area (Å²) in [5, 5.41) is 0.630. The van der Waals surface area contributed by atoms with Gasteiger partial charge in [0.25, 0.3) is 10.0 Å². The molecule has 3 aromatic carbocycles. The van der Waals surface area contributed by atoms with Gasteiger partial charge in [0.1, 0.15) is 16.4 Å². The molecule has 0 heterocycles. The number of sulfonamides is 1. The van der Waals surface area contributed by atoms with Crippen LogP contribution in [0, 0.1) is 0 Å². The van der Waals surface area contributed by atoms with Gasteiger partial charge in [-0.2, -0.15) is 0 Å². The fourth-order valence-corrected chi connectivity index (χ4v) is 4.09. The lowest BCUT2D eigenvalue weighted by molar-refractivity contribution is 0.331.